The molecule has 1 aliphatic heterocycles. The lowest BCUT2D eigenvalue weighted by atomic mass is 10.2. The van der Waals surface area contributed by atoms with Gasteiger partial charge in [0.1, 0.15) is 5.82 Å². The highest BCUT2D eigenvalue weighted by Crippen LogP contribution is 2.29. The van der Waals surface area contributed by atoms with E-state index in [0.717, 1.165) is 44.8 Å². The maximum atomic E-state index is 13.5. The van der Waals surface area contributed by atoms with Crippen molar-refractivity contribution in [3.63, 3.8) is 0 Å². The molecule has 2 rings (SSSR count). The van der Waals surface area contributed by atoms with Crippen molar-refractivity contribution in [2.75, 3.05) is 43.4 Å². The fourth-order valence-electron chi connectivity index (χ4n) is 2.35. The largest absolute Gasteiger partial charge is 0.397 e. The summed E-state index contributed by atoms with van der Waals surface area (Å²) >= 11 is 5.71. The van der Waals surface area contributed by atoms with Crippen molar-refractivity contribution >= 4 is 23.0 Å². The fourth-order valence-corrected chi connectivity index (χ4v) is 2.53. The Morgan fingerprint density at radius 2 is 1.94 bits per heavy atom. The third-order valence-corrected chi connectivity index (χ3v) is 3.61. The van der Waals surface area contributed by atoms with E-state index < -0.39 is 5.82 Å². The predicted octanol–water partition coefficient (Wildman–Crippen LogP) is 2.59. The van der Waals surface area contributed by atoms with Gasteiger partial charge in [0.05, 0.1) is 16.4 Å². The summed E-state index contributed by atoms with van der Waals surface area (Å²) in [4.78, 5) is 4.54. The smallest absolute Gasteiger partial charge is 0.144 e. The highest BCUT2D eigenvalue weighted by atomic mass is 35.5. The Morgan fingerprint density at radius 1 is 1.28 bits per heavy atom. The molecule has 0 spiro atoms. The van der Waals surface area contributed by atoms with Crippen LogP contribution < -0.4 is 10.6 Å². The molecule has 1 heterocycles. The van der Waals surface area contributed by atoms with Crippen LogP contribution in [-0.4, -0.2) is 37.6 Å². The van der Waals surface area contributed by atoms with Gasteiger partial charge in [-0.3, -0.25) is 4.90 Å². The maximum Gasteiger partial charge on any atom is 0.144 e. The number of rotatable bonds is 3. The summed E-state index contributed by atoms with van der Waals surface area (Å²) in [6, 6.07) is 2.93. The number of halogens is 2. The zero-order chi connectivity index (χ0) is 13.1. The van der Waals surface area contributed by atoms with Crippen LogP contribution >= 0.6 is 11.6 Å². The molecule has 2 N–H and O–H groups in total. The molecule has 0 radical (unpaired) electrons. The number of hydrogen-bond acceptors (Lipinski definition) is 3. The second-order valence-corrected chi connectivity index (χ2v) is 5.06. The van der Waals surface area contributed by atoms with Gasteiger partial charge in [-0.2, -0.15) is 0 Å². The van der Waals surface area contributed by atoms with E-state index in [2.05, 4.69) is 16.7 Å². The van der Waals surface area contributed by atoms with Crippen molar-refractivity contribution in [1.29, 1.82) is 0 Å². The Balaban J connectivity index is 2.07. The molecule has 1 aliphatic rings. The minimum atomic E-state index is -0.406. The van der Waals surface area contributed by atoms with Gasteiger partial charge in [-0.1, -0.05) is 18.5 Å². The second-order valence-electron chi connectivity index (χ2n) is 4.65. The molecule has 0 saturated carbocycles. The van der Waals surface area contributed by atoms with Gasteiger partial charge in [0.25, 0.3) is 0 Å². The van der Waals surface area contributed by atoms with Crippen molar-refractivity contribution in [1.82, 2.24) is 4.90 Å². The normalized spacial score (nSPS) is 17.2. The Kier molecular flexibility index (Phi) is 4.30. The van der Waals surface area contributed by atoms with Crippen LogP contribution in [0.5, 0.6) is 0 Å². The molecule has 18 heavy (non-hydrogen) atoms. The minimum Gasteiger partial charge on any atom is -0.397 e. The number of nitrogens with two attached hydrogens (primary N) is 1. The van der Waals surface area contributed by atoms with E-state index in [1.165, 1.54) is 12.1 Å². The third kappa shape index (κ3) is 2.87. The molecule has 0 aromatic heterocycles. The van der Waals surface area contributed by atoms with Gasteiger partial charge < -0.3 is 10.6 Å². The van der Waals surface area contributed by atoms with Gasteiger partial charge in [0.2, 0.25) is 0 Å². The summed E-state index contributed by atoms with van der Waals surface area (Å²) < 4.78 is 13.5. The van der Waals surface area contributed by atoms with Gasteiger partial charge in [0, 0.05) is 32.2 Å². The molecule has 0 unspecified atom stereocenters. The predicted molar refractivity (Wildman–Crippen MR) is 74.8 cm³/mol. The quantitative estimate of drug-likeness (QED) is 0.858. The summed E-state index contributed by atoms with van der Waals surface area (Å²) in [5.41, 5.74) is 7.21. The van der Waals surface area contributed by atoms with E-state index in [1.54, 1.807) is 0 Å². The highest BCUT2D eigenvalue weighted by Gasteiger charge is 2.19. The Labute approximate surface area is 112 Å². The fraction of sp³-hybridized carbons (Fsp3) is 0.538. The third-order valence-electron chi connectivity index (χ3n) is 3.32. The average molecular weight is 272 g/mol. The van der Waals surface area contributed by atoms with E-state index in [0.29, 0.717) is 5.69 Å². The van der Waals surface area contributed by atoms with Crippen LogP contribution in [0.3, 0.4) is 0 Å². The first-order valence-electron chi connectivity index (χ1n) is 6.33. The van der Waals surface area contributed by atoms with Crippen LogP contribution in [0.15, 0.2) is 12.1 Å². The number of nitrogen functional groups attached to an aromatic ring is 1. The van der Waals surface area contributed by atoms with Gasteiger partial charge in [0.15, 0.2) is 0 Å². The number of piperazine rings is 1. The molecule has 0 aliphatic carbocycles. The summed E-state index contributed by atoms with van der Waals surface area (Å²) in [5, 5.41) is 0.0841. The summed E-state index contributed by atoms with van der Waals surface area (Å²) in [6.45, 7) is 7.06. The van der Waals surface area contributed by atoms with E-state index in [4.69, 9.17) is 17.3 Å². The molecular formula is C13H19ClFN3. The van der Waals surface area contributed by atoms with Crippen molar-refractivity contribution < 1.29 is 4.39 Å². The average Bonchev–Trinajstić information content (AvgIpc) is 2.35. The van der Waals surface area contributed by atoms with E-state index >= 15 is 0 Å². The van der Waals surface area contributed by atoms with Crippen LogP contribution in [-0.2, 0) is 0 Å². The van der Waals surface area contributed by atoms with Gasteiger partial charge in [-0.15, -0.1) is 0 Å². The van der Waals surface area contributed by atoms with Gasteiger partial charge in [-0.05, 0) is 19.0 Å². The maximum absolute atomic E-state index is 13.5. The zero-order valence-electron chi connectivity index (χ0n) is 10.6. The number of hydrogen-bond donors (Lipinski definition) is 1. The molecular weight excluding hydrogens is 253 g/mol. The number of benzene rings is 1. The van der Waals surface area contributed by atoms with E-state index in [1.807, 2.05) is 0 Å². The second kappa shape index (κ2) is 5.76. The van der Waals surface area contributed by atoms with Crippen LogP contribution in [0.2, 0.25) is 5.02 Å². The lowest BCUT2D eigenvalue weighted by Crippen LogP contribution is -2.46. The SMILES string of the molecule is CCCN1CCN(c2cc(F)c(Cl)cc2N)CC1. The molecule has 5 heteroatoms. The summed E-state index contributed by atoms with van der Waals surface area (Å²) in [5.74, 6) is -0.406. The number of anilines is 2. The van der Waals surface area contributed by atoms with Gasteiger partial charge >= 0.3 is 0 Å². The van der Waals surface area contributed by atoms with Crippen LogP contribution in [0, 0.1) is 5.82 Å². The van der Waals surface area contributed by atoms with Gasteiger partial charge in [-0.25, -0.2) is 4.39 Å². The van der Waals surface area contributed by atoms with Crippen molar-refractivity contribution in [3.8, 4) is 0 Å². The van der Waals surface area contributed by atoms with Crippen molar-refractivity contribution in [3.05, 3.63) is 23.0 Å². The lowest BCUT2D eigenvalue weighted by molar-refractivity contribution is 0.258. The first-order valence-corrected chi connectivity index (χ1v) is 6.71. The first-order chi connectivity index (χ1) is 8.61. The standard InChI is InChI=1S/C13H19ClFN3/c1-2-3-17-4-6-18(7-5-17)13-9-11(15)10(14)8-12(13)16/h8-9H,2-7,16H2,1H3. The Hall–Kier alpha value is -1.00. The first kappa shape index (κ1) is 13.4. The molecule has 1 saturated heterocycles. The van der Waals surface area contributed by atoms with E-state index in [9.17, 15) is 4.39 Å². The van der Waals surface area contributed by atoms with Crippen molar-refractivity contribution in [2.45, 2.75) is 13.3 Å². The molecule has 0 bridgehead atoms. The molecule has 1 aromatic rings. The van der Waals surface area contributed by atoms with E-state index in [-0.39, 0.29) is 5.02 Å². The lowest BCUT2D eigenvalue weighted by Gasteiger charge is -2.36. The Bertz CT molecular complexity index is 417. The summed E-state index contributed by atoms with van der Waals surface area (Å²) in [7, 11) is 0. The minimum absolute atomic E-state index is 0.0841. The molecule has 3 nitrogen and oxygen atoms in total. The van der Waals surface area contributed by atoms with Crippen molar-refractivity contribution in [2.24, 2.45) is 0 Å². The molecule has 0 atom stereocenters. The topological polar surface area (TPSA) is 32.5 Å². The van der Waals surface area contributed by atoms with Crippen LogP contribution in [0.1, 0.15) is 13.3 Å². The summed E-state index contributed by atoms with van der Waals surface area (Å²) in [6.07, 6.45) is 1.16. The van der Waals surface area contributed by atoms with Crippen LogP contribution in [0.25, 0.3) is 0 Å². The van der Waals surface area contributed by atoms with Crippen LogP contribution in [0.4, 0.5) is 15.8 Å². The molecule has 0 amide bonds. The zero-order valence-corrected chi connectivity index (χ0v) is 11.4. The molecule has 100 valence electrons. The molecule has 1 aromatic carbocycles. The monoisotopic (exact) mass is 271 g/mol. The highest BCUT2D eigenvalue weighted by molar-refractivity contribution is 6.31. The molecule has 1 fully saturated rings. The Morgan fingerprint density at radius 3 is 2.56 bits per heavy atom. The number of nitrogens with zero attached hydrogens (tertiary/aromatic N) is 2.